The molecule has 200 valence electrons. The van der Waals surface area contributed by atoms with Crippen LogP contribution in [-0.4, -0.2) is 87.5 Å². The number of piperidine rings is 1. The van der Waals surface area contributed by atoms with Crippen molar-refractivity contribution in [2.45, 2.75) is 37.6 Å². The van der Waals surface area contributed by atoms with Crippen molar-refractivity contribution in [3.8, 4) is 11.9 Å². The predicted octanol–water partition coefficient (Wildman–Crippen LogP) is 1.97. The van der Waals surface area contributed by atoms with Crippen molar-refractivity contribution in [1.82, 2.24) is 29.7 Å². The van der Waals surface area contributed by atoms with Crippen LogP contribution in [-0.2, 0) is 6.54 Å². The number of hydrogen-bond donors (Lipinski definition) is 2. The van der Waals surface area contributed by atoms with Crippen LogP contribution in [0.4, 0.5) is 5.69 Å². The van der Waals surface area contributed by atoms with E-state index < -0.39 is 0 Å². The first-order valence-electron chi connectivity index (χ1n) is 13.6. The van der Waals surface area contributed by atoms with Gasteiger partial charge in [0.25, 0.3) is 0 Å². The number of piperazine rings is 1. The summed E-state index contributed by atoms with van der Waals surface area (Å²) < 4.78 is 6.99. The molecule has 4 saturated heterocycles. The van der Waals surface area contributed by atoms with Crippen LogP contribution in [0.15, 0.2) is 54.8 Å². The Labute approximate surface area is 227 Å². The molecule has 0 spiro atoms. The molecule has 5 aliphatic heterocycles. The number of aliphatic hydroxyl groups excluding tert-OH is 1. The molecule has 5 aliphatic rings. The van der Waals surface area contributed by atoms with Crippen LogP contribution in [0.25, 0.3) is 11.1 Å². The summed E-state index contributed by atoms with van der Waals surface area (Å²) in [7, 11) is 1.64. The van der Waals surface area contributed by atoms with Crippen molar-refractivity contribution >= 4 is 16.8 Å². The molecule has 3 aromatic heterocycles. The van der Waals surface area contributed by atoms with Gasteiger partial charge in [0, 0.05) is 69.2 Å². The standard InChI is InChI=1S/C29H32N8O2/c1-39-28-5-2-19(11-32-28)14-36-23-8-24(36)16-35(15-23)27-4-3-20(12-31-27)26-9-22(34-7-6-25(38)18-34)17-37-29(26)21(10-30)13-33-37/h2-5,9,11,13,17,23-25,31,38H,6-8,12,14-16,18H2,1H3/t23?,24?,25-/m0/s1. The molecule has 10 nitrogen and oxygen atoms in total. The fourth-order valence-corrected chi connectivity index (χ4v) is 6.45. The zero-order valence-electron chi connectivity index (χ0n) is 22.0. The van der Waals surface area contributed by atoms with E-state index in [1.54, 1.807) is 17.8 Å². The predicted molar refractivity (Wildman–Crippen MR) is 147 cm³/mol. The topological polar surface area (TPSA) is 105 Å². The van der Waals surface area contributed by atoms with Crippen LogP contribution >= 0.6 is 0 Å². The number of nitrogens with zero attached hydrogens (tertiary/aromatic N) is 7. The lowest BCUT2D eigenvalue weighted by atomic mass is 9.86. The van der Waals surface area contributed by atoms with Crippen molar-refractivity contribution in [3.63, 3.8) is 0 Å². The first kappa shape index (κ1) is 24.0. The zero-order valence-corrected chi connectivity index (χ0v) is 22.0. The van der Waals surface area contributed by atoms with Gasteiger partial charge in [-0.3, -0.25) is 4.90 Å². The van der Waals surface area contributed by atoms with E-state index in [1.165, 1.54) is 12.0 Å². The molecule has 0 aromatic carbocycles. The number of rotatable bonds is 6. The normalized spacial score (nSPS) is 24.6. The lowest BCUT2D eigenvalue weighted by Gasteiger charge is -2.57. The molecule has 39 heavy (non-hydrogen) atoms. The van der Waals surface area contributed by atoms with Crippen molar-refractivity contribution in [1.29, 1.82) is 5.26 Å². The van der Waals surface area contributed by atoms with Gasteiger partial charge in [0.2, 0.25) is 5.88 Å². The minimum Gasteiger partial charge on any atom is -0.481 e. The van der Waals surface area contributed by atoms with Crippen LogP contribution in [0.2, 0.25) is 0 Å². The number of dihydropyridines is 1. The maximum atomic E-state index is 10.1. The van der Waals surface area contributed by atoms with E-state index >= 15 is 0 Å². The highest BCUT2D eigenvalue weighted by Crippen LogP contribution is 2.36. The van der Waals surface area contributed by atoms with E-state index in [9.17, 15) is 10.4 Å². The highest BCUT2D eigenvalue weighted by atomic mass is 16.5. The number of aromatic nitrogens is 3. The molecule has 8 heterocycles. The number of β-amino-alcohol motifs (C(OH)–C–C–N with tert-alkyl or cyclic N) is 1. The zero-order chi connectivity index (χ0) is 26.5. The molecule has 8 rings (SSSR count). The van der Waals surface area contributed by atoms with Gasteiger partial charge in [-0.25, -0.2) is 9.50 Å². The monoisotopic (exact) mass is 524 g/mol. The number of nitrogens with one attached hydrogen (secondary N) is 1. The molecular formula is C29H32N8O2. The van der Waals surface area contributed by atoms with E-state index in [4.69, 9.17) is 4.74 Å². The molecule has 4 fully saturated rings. The Hall–Kier alpha value is -4.07. The minimum atomic E-state index is -0.308. The maximum Gasteiger partial charge on any atom is 0.212 e. The molecule has 2 unspecified atom stereocenters. The Bertz CT molecular complexity index is 1490. The van der Waals surface area contributed by atoms with Crippen LogP contribution < -0.4 is 15.0 Å². The highest BCUT2D eigenvalue weighted by molar-refractivity contribution is 5.85. The smallest absolute Gasteiger partial charge is 0.212 e. The molecule has 3 aromatic rings. The van der Waals surface area contributed by atoms with Crippen LogP contribution in [0.5, 0.6) is 5.88 Å². The number of fused-ring (bicyclic) bond motifs is 3. The molecule has 0 amide bonds. The summed E-state index contributed by atoms with van der Waals surface area (Å²) in [6, 6.07) is 9.55. The minimum absolute atomic E-state index is 0.308. The average Bonchev–Trinajstić information content (AvgIpc) is 3.62. The number of anilines is 1. The number of allylic oxidation sites excluding steroid dienone is 2. The van der Waals surface area contributed by atoms with Crippen LogP contribution in [0.1, 0.15) is 29.5 Å². The Kier molecular flexibility index (Phi) is 5.90. The van der Waals surface area contributed by atoms with Crippen LogP contribution in [0, 0.1) is 11.3 Å². The van der Waals surface area contributed by atoms with Gasteiger partial charge in [-0.05, 0) is 36.1 Å². The summed E-state index contributed by atoms with van der Waals surface area (Å²) in [5, 5.41) is 27.9. The summed E-state index contributed by atoms with van der Waals surface area (Å²) in [5.41, 5.74) is 5.76. The molecule has 0 saturated carbocycles. The number of hydrogen-bond acceptors (Lipinski definition) is 9. The second-order valence-corrected chi connectivity index (χ2v) is 10.9. The third-order valence-electron chi connectivity index (χ3n) is 8.55. The van der Waals surface area contributed by atoms with Crippen molar-refractivity contribution in [2.24, 2.45) is 0 Å². The fraction of sp³-hybridized carbons (Fsp3) is 0.414. The van der Waals surface area contributed by atoms with Gasteiger partial charge in [-0.1, -0.05) is 12.1 Å². The molecule has 0 radical (unpaired) electrons. The number of nitriles is 1. The maximum absolute atomic E-state index is 10.1. The van der Waals surface area contributed by atoms with Gasteiger partial charge in [0.1, 0.15) is 11.9 Å². The lowest BCUT2D eigenvalue weighted by Crippen LogP contribution is -2.68. The third kappa shape index (κ3) is 4.28. The van der Waals surface area contributed by atoms with E-state index in [0.717, 1.165) is 60.8 Å². The van der Waals surface area contributed by atoms with Gasteiger partial charge < -0.3 is 25.0 Å². The second-order valence-electron chi connectivity index (χ2n) is 10.9. The molecule has 0 aliphatic carbocycles. The average molecular weight is 525 g/mol. The largest absolute Gasteiger partial charge is 0.481 e. The van der Waals surface area contributed by atoms with E-state index in [1.807, 2.05) is 18.5 Å². The number of aliphatic hydroxyl groups is 1. The Morgan fingerprint density at radius 1 is 1.15 bits per heavy atom. The fourth-order valence-electron chi connectivity index (χ4n) is 6.45. The number of methoxy groups -OCH3 is 1. The molecular weight excluding hydrogens is 492 g/mol. The van der Waals surface area contributed by atoms with E-state index in [0.29, 0.717) is 36.6 Å². The lowest BCUT2D eigenvalue weighted by molar-refractivity contribution is -0.0660. The quantitative estimate of drug-likeness (QED) is 0.501. The van der Waals surface area contributed by atoms with E-state index in [2.05, 4.69) is 60.5 Å². The summed E-state index contributed by atoms with van der Waals surface area (Å²) >= 11 is 0. The van der Waals surface area contributed by atoms with E-state index in [-0.39, 0.29) is 6.10 Å². The van der Waals surface area contributed by atoms with Crippen LogP contribution in [0.3, 0.4) is 0 Å². The molecule has 3 atom stereocenters. The second kappa shape index (κ2) is 9.59. The SMILES string of the molecule is COc1ccc(CN2C3CC2CN(C2=CC=C(c4cc(N5CC[C@H](O)C5)cn5ncc(C#N)c45)CN2)C3)cn1. The first-order valence-corrected chi connectivity index (χ1v) is 13.6. The van der Waals surface area contributed by atoms with Gasteiger partial charge in [0.05, 0.1) is 42.4 Å². The van der Waals surface area contributed by atoms with Gasteiger partial charge in [-0.15, -0.1) is 0 Å². The van der Waals surface area contributed by atoms with Gasteiger partial charge >= 0.3 is 0 Å². The Morgan fingerprint density at radius 3 is 2.69 bits per heavy atom. The summed E-state index contributed by atoms with van der Waals surface area (Å²) in [5.74, 6) is 1.80. The molecule has 2 bridgehead atoms. The first-order chi connectivity index (χ1) is 19.1. The summed E-state index contributed by atoms with van der Waals surface area (Å²) in [4.78, 5) is 11.6. The molecule has 2 N–H and O–H groups in total. The van der Waals surface area contributed by atoms with Crippen molar-refractivity contribution in [2.75, 3.05) is 44.7 Å². The van der Waals surface area contributed by atoms with Crippen molar-refractivity contribution < 1.29 is 9.84 Å². The molecule has 10 heteroatoms. The third-order valence-corrected chi connectivity index (χ3v) is 8.55. The number of pyridine rings is 2. The van der Waals surface area contributed by atoms with Crippen molar-refractivity contribution in [3.05, 3.63) is 71.5 Å². The summed E-state index contributed by atoms with van der Waals surface area (Å²) in [6.45, 7) is 5.02. The number of ether oxygens (including phenoxy) is 1. The Morgan fingerprint density at radius 2 is 2.03 bits per heavy atom. The highest BCUT2D eigenvalue weighted by Gasteiger charge is 2.45. The van der Waals surface area contributed by atoms with Gasteiger partial charge in [0.15, 0.2) is 0 Å². The summed E-state index contributed by atoms with van der Waals surface area (Å²) in [6.07, 6.45) is 11.6. The Balaban J connectivity index is 1.09. The van der Waals surface area contributed by atoms with Gasteiger partial charge in [-0.2, -0.15) is 10.4 Å².